The summed E-state index contributed by atoms with van der Waals surface area (Å²) in [4.78, 5) is 8.58. The first kappa shape index (κ1) is 22.2. The van der Waals surface area contributed by atoms with Crippen LogP contribution in [-0.4, -0.2) is 30.8 Å². The zero-order chi connectivity index (χ0) is 22.3. The third kappa shape index (κ3) is 6.77. The van der Waals surface area contributed by atoms with Crippen molar-refractivity contribution in [3.63, 3.8) is 0 Å². The minimum atomic E-state index is -4.40. The standard InChI is InChI=1S/C22H23F3N4O2/c1-15-7-9-16(10-8-15)20-29-18(13-30-20)12-28-21(26-2)27-11-17-5-3-4-6-19(17)31-14-22(23,24)25/h3-10,13H,11-12,14H2,1-2H3,(H2,26,27,28). The van der Waals surface area contributed by atoms with Gasteiger partial charge in [0.05, 0.1) is 12.2 Å². The topological polar surface area (TPSA) is 71.7 Å². The Morgan fingerprint density at radius 3 is 2.48 bits per heavy atom. The maximum absolute atomic E-state index is 12.4. The molecule has 1 aromatic heterocycles. The summed E-state index contributed by atoms with van der Waals surface area (Å²) >= 11 is 0. The highest BCUT2D eigenvalue weighted by Gasteiger charge is 2.28. The van der Waals surface area contributed by atoms with Crippen LogP contribution < -0.4 is 15.4 Å². The van der Waals surface area contributed by atoms with E-state index in [-0.39, 0.29) is 12.3 Å². The maximum Gasteiger partial charge on any atom is 0.422 e. The highest BCUT2D eigenvalue weighted by molar-refractivity contribution is 5.79. The van der Waals surface area contributed by atoms with Gasteiger partial charge >= 0.3 is 6.18 Å². The second-order valence-corrected chi connectivity index (χ2v) is 6.80. The van der Waals surface area contributed by atoms with Gasteiger partial charge in [-0.15, -0.1) is 0 Å². The maximum atomic E-state index is 12.4. The van der Waals surface area contributed by atoms with Crippen LogP contribution in [0.5, 0.6) is 5.75 Å². The van der Waals surface area contributed by atoms with Gasteiger partial charge in [-0.3, -0.25) is 4.99 Å². The average molecular weight is 432 g/mol. The molecule has 164 valence electrons. The lowest BCUT2D eigenvalue weighted by Gasteiger charge is -2.15. The number of aliphatic imine (C=N–C) groups is 1. The zero-order valence-electron chi connectivity index (χ0n) is 17.2. The average Bonchev–Trinajstić information content (AvgIpc) is 3.22. The Kier molecular flexibility index (Phi) is 7.17. The zero-order valence-corrected chi connectivity index (χ0v) is 17.2. The first-order chi connectivity index (χ1) is 14.8. The molecule has 0 unspecified atom stereocenters. The molecule has 31 heavy (non-hydrogen) atoms. The Labute approximate surface area is 178 Å². The molecular formula is C22H23F3N4O2. The molecule has 0 fully saturated rings. The largest absolute Gasteiger partial charge is 0.484 e. The highest BCUT2D eigenvalue weighted by Crippen LogP contribution is 2.22. The van der Waals surface area contributed by atoms with Crippen LogP contribution in [0, 0.1) is 6.92 Å². The molecule has 6 nitrogen and oxygen atoms in total. The summed E-state index contributed by atoms with van der Waals surface area (Å²) in [6, 6.07) is 14.4. The van der Waals surface area contributed by atoms with E-state index in [2.05, 4.69) is 20.6 Å². The van der Waals surface area contributed by atoms with Crippen molar-refractivity contribution in [3.8, 4) is 17.2 Å². The third-order valence-corrected chi connectivity index (χ3v) is 4.32. The molecular weight excluding hydrogens is 409 g/mol. The first-order valence-electron chi connectivity index (χ1n) is 9.57. The lowest BCUT2D eigenvalue weighted by molar-refractivity contribution is -0.153. The van der Waals surface area contributed by atoms with E-state index in [0.29, 0.717) is 29.7 Å². The summed E-state index contributed by atoms with van der Waals surface area (Å²) in [5.41, 5.74) is 3.30. The lowest BCUT2D eigenvalue weighted by atomic mass is 10.1. The van der Waals surface area contributed by atoms with E-state index in [1.165, 1.54) is 6.07 Å². The number of guanidine groups is 1. The van der Waals surface area contributed by atoms with Crippen LogP contribution in [0.4, 0.5) is 13.2 Å². The van der Waals surface area contributed by atoms with E-state index in [9.17, 15) is 13.2 Å². The van der Waals surface area contributed by atoms with Gasteiger partial charge in [-0.25, -0.2) is 4.98 Å². The van der Waals surface area contributed by atoms with Gasteiger partial charge in [-0.05, 0) is 25.1 Å². The van der Waals surface area contributed by atoms with Crippen molar-refractivity contribution in [1.82, 2.24) is 15.6 Å². The van der Waals surface area contributed by atoms with Crippen molar-refractivity contribution in [2.75, 3.05) is 13.7 Å². The monoisotopic (exact) mass is 432 g/mol. The third-order valence-electron chi connectivity index (χ3n) is 4.32. The molecule has 0 bridgehead atoms. The molecule has 0 atom stereocenters. The number of rotatable bonds is 7. The summed E-state index contributed by atoms with van der Waals surface area (Å²) in [5.74, 6) is 1.16. The Hall–Kier alpha value is -3.49. The van der Waals surface area contributed by atoms with Crippen molar-refractivity contribution >= 4 is 5.96 Å². The van der Waals surface area contributed by atoms with Gasteiger partial charge in [0.25, 0.3) is 0 Å². The number of hydrogen-bond acceptors (Lipinski definition) is 4. The smallest absolute Gasteiger partial charge is 0.422 e. The van der Waals surface area contributed by atoms with Gasteiger partial charge in [-0.1, -0.05) is 35.9 Å². The van der Waals surface area contributed by atoms with E-state index in [1.54, 1.807) is 31.5 Å². The van der Waals surface area contributed by atoms with Crippen LogP contribution >= 0.6 is 0 Å². The van der Waals surface area contributed by atoms with Crippen molar-refractivity contribution in [1.29, 1.82) is 0 Å². The Morgan fingerprint density at radius 1 is 1.06 bits per heavy atom. The molecule has 2 aromatic carbocycles. The summed E-state index contributed by atoms with van der Waals surface area (Å²) in [7, 11) is 1.60. The fraction of sp³-hybridized carbons (Fsp3) is 0.273. The number of benzene rings is 2. The predicted molar refractivity (Wildman–Crippen MR) is 112 cm³/mol. The van der Waals surface area contributed by atoms with Gasteiger partial charge < -0.3 is 19.8 Å². The van der Waals surface area contributed by atoms with E-state index in [0.717, 1.165) is 11.1 Å². The highest BCUT2D eigenvalue weighted by atomic mass is 19.4. The van der Waals surface area contributed by atoms with Crippen molar-refractivity contribution in [2.45, 2.75) is 26.2 Å². The van der Waals surface area contributed by atoms with Crippen LogP contribution in [0.2, 0.25) is 0 Å². The van der Waals surface area contributed by atoms with Crippen LogP contribution in [0.1, 0.15) is 16.8 Å². The predicted octanol–water partition coefficient (Wildman–Crippen LogP) is 4.46. The fourth-order valence-electron chi connectivity index (χ4n) is 2.74. The second-order valence-electron chi connectivity index (χ2n) is 6.80. The number of nitrogens with zero attached hydrogens (tertiary/aromatic N) is 2. The molecule has 1 heterocycles. The summed E-state index contributed by atoms with van der Waals surface area (Å²) in [5, 5.41) is 6.16. The number of hydrogen-bond donors (Lipinski definition) is 2. The van der Waals surface area contributed by atoms with E-state index in [1.807, 2.05) is 31.2 Å². The number of oxazole rings is 1. The number of nitrogens with one attached hydrogen (secondary N) is 2. The lowest BCUT2D eigenvalue weighted by Crippen LogP contribution is -2.36. The SMILES string of the molecule is CN=C(NCc1coc(-c2ccc(C)cc2)n1)NCc1ccccc1OCC(F)(F)F. The van der Waals surface area contributed by atoms with Crippen molar-refractivity contribution in [2.24, 2.45) is 4.99 Å². The molecule has 0 spiro atoms. The first-order valence-corrected chi connectivity index (χ1v) is 9.57. The summed E-state index contributed by atoms with van der Waals surface area (Å²) < 4.78 is 47.8. The molecule has 0 saturated heterocycles. The molecule has 0 aliphatic carbocycles. The van der Waals surface area contributed by atoms with Crippen LogP contribution in [-0.2, 0) is 13.1 Å². The minimum Gasteiger partial charge on any atom is -0.484 e. The summed E-state index contributed by atoms with van der Waals surface area (Å²) in [6.07, 6.45) is -2.83. The molecule has 3 aromatic rings. The molecule has 0 saturated carbocycles. The van der Waals surface area contributed by atoms with Gasteiger partial charge in [-0.2, -0.15) is 13.2 Å². The van der Waals surface area contributed by atoms with Gasteiger partial charge in [0.2, 0.25) is 5.89 Å². The molecule has 0 aliphatic heterocycles. The fourth-order valence-corrected chi connectivity index (χ4v) is 2.74. The normalized spacial score (nSPS) is 12.0. The number of aromatic nitrogens is 1. The van der Waals surface area contributed by atoms with Gasteiger partial charge in [0.15, 0.2) is 12.6 Å². The second kappa shape index (κ2) is 10.0. The van der Waals surface area contributed by atoms with Crippen molar-refractivity contribution in [3.05, 3.63) is 71.6 Å². The Bertz CT molecular complexity index is 1010. The Morgan fingerprint density at radius 2 is 1.77 bits per heavy atom. The quantitative estimate of drug-likeness (QED) is 0.426. The Balaban J connectivity index is 1.55. The molecule has 0 radical (unpaired) electrons. The van der Waals surface area contributed by atoms with E-state index in [4.69, 9.17) is 9.15 Å². The minimum absolute atomic E-state index is 0.169. The molecule has 0 aliphatic rings. The molecule has 9 heteroatoms. The van der Waals surface area contributed by atoms with Crippen LogP contribution in [0.15, 0.2) is 64.2 Å². The number of para-hydroxylation sites is 1. The van der Waals surface area contributed by atoms with Crippen LogP contribution in [0.3, 0.4) is 0 Å². The van der Waals surface area contributed by atoms with E-state index < -0.39 is 12.8 Å². The molecule has 3 rings (SSSR count). The number of aryl methyl sites for hydroxylation is 1. The van der Waals surface area contributed by atoms with Gasteiger partial charge in [0.1, 0.15) is 12.0 Å². The molecule has 2 N–H and O–H groups in total. The van der Waals surface area contributed by atoms with Gasteiger partial charge in [0, 0.05) is 24.7 Å². The number of ether oxygens (including phenoxy) is 1. The summed E-state index contributed by atoms with van der Waals surface area (Å²) in [6.45, 7) is 1.27. The van der Waals surface area contributed by atoms with Crippen LogP contribution in [0.25, 0.3) is 11.5 Å². The molecule has 0 amide bonds. The van der Waals surface area contributed by atoms with Crippen molar-refractivity contribution < 1.29 is 22.3 Å². The number of halogens is 3. The van der Waals surface area contributed by atoms with E-state index >= 15 is 0 Å². The number of alkyl halides is 3.